The van der Waals surface area contributed by atoms with E-state index in [1.807, 2.05) is 31.3 Å². The quantitative estimate of drug-likeness (QED) is 0.220. The maximum atomic E-state index is 6.47. The van der Waals surface area contributed by atoms with Crippen LogP contribution in [0.25, 0.3) is 11.1 Å². The van der Waals surface area contributed by atoms with Crippen LogP contribution in [0.1, 0.15) is 51.5 Å². The highest BCUT2D eigenvalue weighted by molar-refractivity contribution is 6.32. The molecule has 1 aliphatic carbocycles. The van der Waals surface area contributed by atoms with Gasteiger partial charge in [0.15, 0.2) is 0 Å². The van der Waals surface area contributed by atoms with Gasteiger partial charge in [0.05, 0.1) is 50.2 Å². The molecule has 3 aliphatic rings. The van der Waals surface area contributed by atoms with Crippen LogP contribution in [0.4, 0.5) is 11.6 Å². The Labute approximate surface area is 285 Å². The summed E-state index contributed by atoms with van der Waals surface area (Å²) in [5.41, 5.74) is 2.47. The third kappa shape index (κ3) is 8.23. The van der Waals surface area contributed by atoms with Crippen molar-refractivity contribution in [3.63, 3.8) is 0 Å². The number of anilines is 2. The molecule has 15 heteroatoms. The predicted molar refractivity (Wildman–Crippen MR) is 179 cm³/mol. The van der Waals surface area contributed by atoms with Crippen molar-refractivity contribution in [1.82, 2.24) is 44.9 Å². The number of benzene rings is 1. The van der Waals surface area contributed by atoms with E-state index in [0.717, 1.165) is 94.9 Å². The zero-order chi connectivity index (χ0) is 32.7. The highest BCUT2D eigenvalue weighted by atomic mass is 35.5. The number of morpholine rings is 1. The number of ether oxygens (including phenoxy) is 4. The summed E-state index contributed by atoms with van der Waals surface area (Å²) in [6.45, 7) is 8.26. The molecule has 0 amide bonds. The van der Waals surface area contributed by atoms with Gasteiger partial charge >= 0.3 is 0 Å². The molecular formula is C33H43ClN10O4. The minimum absolute atomic E-state index is 0.202. The molecule has 5 heterocycles. The van der Waals surface area contributed by atoms with E-state index < -0.39 is 0 Å². The second kappa shape index (κ2) is 15.6. The maximum absolute atomic E-state index is 6.47. The number of nitrogens with one attached hydrogen (secondary N) is 1. The van der Waals surface area contributed by atoms with Gasteiger partial charge in [-0.05, 0) is 73.6 Å². The molecule has 14 nitrogen and oxygen atoms in total. The first kappa shape index (κ1) is 32.7. The number of halogens is 1. The summed E-state index contributed by atoms with van der Waals surface area (Å²) in [4.78, 5) is 11.9. The minimum Gasteiger partial charge on any atom is -0.487 e. The Morgan fingerprint density at radius 3 is 2.56 bits per heavy atom. The average Bonchev–Trinajstić information content (AvgIpc) is 3.79. The Hall–Kier alpha value is -3.85. The first-order valence-electron chi connectivity index (χ1n) is 17.0. The molecule has 256 valence electrons. The van der Waals surface area contributed by atoms with Gasteiger partial charge in [-0.3, -0.25) is 9.58 Å². The molecule has 3 fully saturated rings. The molecule has 1 N–H and O–H groups in total. The van der Waals surface area contributed by atoms with Crippen LogP contribution >= 0.6 is 11.6 Å². The van der Waals surface area contributed by atoms with Crippen LogP contribution in [-0.2, 0) is 16.0 Å². The van der Waals surface area contributed by atoms with Crippen molar-refractivity contribution in [3.8, 4) is 22.8 Å². The van der Waals surface area contributed by atoms with Gasteiger partial charge in [0.1, 0.15) is 23.9 Å². The lowest BCUT2D eigenvalue weighted by molar-refractivity contribution is 0.00498. The monoisotopic (exact) mass is 678 g/mol. The Balaban J connectivity index is 1.03. The number of rotatable bonds is 12. The normalized spacial score (nSPS) is 22.7. The highest BCUT2D eigenvalue weighted by Crippen LogP contribution is 2.36. The topological polar surface area (TPSA) is 139 Å². The first-order chi connectivity index (χ1) is 23.6. The van der Waals surface area contributed by atoms with Gasteiger partial charge in [-0.15, -0.1) is 10.2 Å². The van der Waals surface area contributed by atoms with Gasteiger partial charge in [-0.25, -0.2) is 14.6 Å². The second-order valence-electron chi connectivity index (χ2n) is 12.9. The molecule has 0 radical (unpaired) electrons. The summed E-state index contributed by atoms with van der Waals surface area (Å²) in [5.74, 6) is 1.94. The van der Waals surface area contributed by atoms with Gasteiger partial charge in [0.2, 0.25) is 5.95 Å². The van der Waals surface area contributed by atoms with Gasteiger partial charge in [-0.2, -0.15) is 0 Å². The van der Waals surface area contributed by atoms with Crippen molar-refractivity contribution in [2.45, 2.75) is 70.2 Å². The Kier molecular flexibility index (Phi) is 10.6. The third-order valence-electron chi connectivity index (χ3n) is 9.34. The number of aromatic nitrogens is 8. The van der Waals surface area contributed by atoms with E-state index in [4.69, 9.17) is 35.6 Å². The molecule has 2 atom stereocenters. The van der Waals surface area contributed by atoms with E-state index in [2.05, 4.69) is 40.4 Å². The molecule has 2 saturated heterocycles. The van der Waals surface area contributed by atoms with Crippen LogP contribution < -0.4 is 14.8 Å². The van der Waals surface area contributed by atoms with E-state index in [1.165, 1.54) is 0 Å². The van der Waals surface area contributed by atoms with E-state index in [-0.39, 0.29) is 6.10 Å². The number of tetrazole rings is 1. The molecule has 7 rings (SSSR count). The average molecular weight is 679 g/mol. The molecular weight excluding hydrogens is 636 g/mol. The lowest BCUT2D eigenvalue weighted by atomic mass is 9.90. The SMILES string of the molecule is CC(Cn1cnnn1)Oc1cc(-c2cnc(Nc3cn(C4CCC(N5CCOCC5)CC4)nc3OCC3CCCOC3)nc2)ccc1Cl. The largest absolute Gasteiger partial charge is 0.487 e. The summed E-state index contributed by atoms with van der Waals surface area (Å²) in [6.07, 6.45) is 13.6. The van der Waals surface area contributed by atoms with Crippen LogP contribution in [0.2, 0.25) is 5.02 Å². The van der Waals surface area contributed by atoms with Crippen LogP contribution in [0.15, 0.2) is 43.1 Å². The zero-order valence-electron chi connectivity index (χ0n) is 27.3. The summed E-state index contributed by atoms with van der Waals surface area (Å²) < 4.78 is 27.4. The summed E-state index contributed by atoms with van der Waals surface area (Å²) in [7, 11) is 0. The standard InChI is InChI=1S/C33H43ClN10O4/c1-23(18-43-22-37-40-41-43)48-31-15-25(4-9-29(31)34)26-16-35-33(36-17-26)38-30-19-44(39-32(30)47-21-24-3-2-12-46-20-24)28-7-5-27(6-8-28)42-10-13-45-14-11-42/h4,9,15-17,19,22-24,27-28H,2-3,5-8,10-14,18,20-21H2,1H3,(H,35,36,38). The maximum Gasteiger partial charge on any atom is 0.256 e. The molecule has 0 bridgehead atoms. The minimum atomic E-state index is -0.202. The second-order valence-corrected chi connectivity index (χ2v) is 13.3. The number of hydrogen-bond acceptors (Lipinski definition) is 12. The van der Waals surface area contributed by atoms with E-state index >= 15 is 0 Å². The summed E-state index contributed by atoms with van der Waals surface area (Å²) >= 11 is 6.47. The first-order valence-corrected chi connectivity index (χ1v) is 17.3. The van der Waals surface area contributed by atoms with Crippen molar-refractivity contribution in [3.05, 3.63) is 48.1 Å². The van der Waals surface area contributed by atoms with Gasteiger partial charge in [-0.1, -0.05) is 17.7 Å². The van der Waals surface area contributed by atoms with Gasteiger partial charge in [0, 0.05) is 49.6 Å². The van der Waals surface area contributed by atoms with Crippen molar-refractivity contribution < 1.29 is 18.9 Å². The van der Waals surface area contributed by atoms with Crippen molar-refractivity contribution in [2.24, 2.45) is 5.92 Å². The lowest BCUT2D eigenvalue weighted by Crippen LogP contribution is -2.45. The number of hydrogen-bond donors (Lipinski definition) is 1. The van der Waals surface area contributed by atoms with E-state index in [9.17, 15) is 0 Å². The van der Waals surface area contributed by atoms with Crippen molar-refractivity contribution >= 4 is 23.2 Å². The van der Waals surface area contributed by atoms with Crippen LogP contribution in [0, 0.1) is 5.92 Å². The molecule has 2 unspecified atom stereocenters. The zero-order valence-corrected chi connectivity index (χ0v) is 28.0. The fraction of sp³-hybridized carbons (Fsp3) is 0.576. The number of nitrogens with zero attached hydrogens (tertiary/aromatic N) is 9. The third-order valence-corrected chi connectivity index (χ3v) is 9.65. The summed E-state index contributed by atoms with van der Waals surface area (Å²) in [5, 5.41) is 20.1. The fourth-order valence-corrected chi connectivity index (χ4v) is 6.90. The molecule has 0 spiro atoms. The van der Waals surface area contributed by atoms with Crippen molar-refractivity contribution in [2.75, 3.05) is 51.4 Å². The Morgan fingerprint density at radius 1 is 1.00 bits per heavy atom. The lowest BCUT2D eigenvalue weighted by Gasteiger charge is -2.38. The Bertz CT molecular complexity index is 1580. The van der Waals surface area contributed by atoms with E-state index in [1.54, 1.807) is 23.4 Å². The molecule has 2 aliphatic heterocycles. The highest BCUT2D eigenvalue weighted by Gasteiger charge is 2.29. The van der Waals surface area contributed by atoms with Crippen LogP contribution in [0.5, 0.6) is 11.6 Å². The molecule has 1 aromatic carbocycles. The van der Waals surface area contributed by atoms with Crippen LogP contribution in [-0.4, -0.2) is 103 Å². The smallest absolute Gasteiger partial charge is 0.256 e. The predicted octanol–water partition coefficient (Wildman–Crippen LogP) is 4.81. The Morgan fingerprint density at radius 2 is 1.81 bits per heavy atom. The molecule has 4 aromatic rings. The van der Waals surface area contributed by atoms with Crippen LogP contribution in [0.3, 0.4) is 0 Å². The van der Waals surface area contributed by atoms with E-state index in [0.29, 0.717) is 53.8 Å². The molecule has 3 aromatic heterocycles. The van der Waals surface area contributed by atoms with Crippen molar-refractivity contribution in [1.29, 1.82) is 0 Å². The fourth-order valence-electron chi connectivity index (χ4n) is 6.74. The van der Waals surface area contributed by atoms with Gasteiger partial charge < -0.3 is 24.3 Å². The summed E-state index contributed by atoms with van der Waals surface area (Å²) in [6, 6.07) is 6.56. The van der Waals surface area contributed by atoms with Gasteiger partial charge in [0.25, 0.3) is 5.88 Å². The molecule has 48 heavy (non-hydrogen) atoms. The molecule has 1 saturated carbocycles.